The van der Waals surface area contributed by atoms with Crippen molar-refractivity contribution in [3.8, 4) is 11.1 Å². The van der Waals surface area contributed by atoms with Crippen LogP contribution in [0.5, 0.6) is 0 Å². The van der Waals surface area contributed by atoms with E-state index >= 15 is 0 Å². The largest absolute Gasteiger partial charge is 0.465 e. The van der Waals surface area contributed by atoms with Gasteiger partial charge in [-0.05, 0) is 48.2 Å². The van der Waals surface area contributed by atoms with Gasteiger partial charge in [0.15, 0.2) is 10.8 Å². The van der Waals surface area contributed by atoms with E-state index in [9.17, 15) is 9.90 Å². The quantitative estimate of drug-likeness (QED) is 0.411. The first kappa shape index (κ1) is 21.4. The highest BCUT2D eigenvalue weighted by atomic mass is 32.2. The first-order valence-electron chi connectivity index (χ1n) is 11.2. The lowest BCUT2D eigenvalue weighted by atomic mass is 10.2. The SMILES string of the molecule is Cn1cc(-c2ccc3nnc(Sc4ccc5ncc(N6CCN(C(=O)O)CC6)cc5c4)n3c2)cn1. The molecule has 0 saturated carbocycles. The van der Waals surface area contributed by atoms with Crippen LogP contribution in [0.2, 0.25) is 0 Å². The number of carboxylic acid groups (broad SMARTS) is 1. The Kier molecular flexibility index (Phi) is 5.25. The molecule has 0 spiro atoms. The Bertz CT molecular complexity index is 1550. The predicted octanol–water partition coefficient (Wildman–Crippen LogP) is 3.63. The maximum Gasteiger partial charge on any atom is 0.407 e. The third-order valence-electron chi connectivity index (χ3n) is 6.17. The minimum atomic E-state index is -0.864. The summed E-state index contributed by atoms with van der Waals surface area (Å²) in [7, 11) is 1.90. The van der Waals surface area contributed by atoms with Crippen molar-refractivity contribution in [2.45, 2.75) is 10.1 Å². The van der Waals surface area contributed by atoms with Crippen molar-refractivity contribution in [2.75, 3.05) is 31.1 Å². The fourth-order valence-corrected chi connectivity index (χ4v) is 5.14. The molecule has 6 rings (SSSR count). The summed E-state index contributed by atoms with van der Waals surface area (Å²) in [5.74, 6) is 0. The van der Waals surface area contributed by atoms with E-state index in [1.165, 1.54) is 4.90 Å². The van der Waals surface area contributed by atoms with Gasteiger partial charge in [-0.25, -0.2) is 4.79 Å². The highest BCUT2D eigenvalue weighted by Crippen LogP contribution is 2.31. The van der Waals surface area contributed by atoms with Gasteiger partial charge in [-0.3, -0.25) is 14.1 Å². The van der Waals surface area contributed by atoms with Gasteiger partial charge >= 0.3 is 6.09 Å². The van der Waals surface area contributed by atoms with Crippen LogP contribution in [0.4, 0.5) is 10.5 Å². The number of nitrogens with zero attached hydrogens (tertiary/aromatic N) is 8. The molecule has 5 aromatic rings. The zero-order valence-corrected chi connectivity index (χ0v) is 19.8. The molecule has 1 saturated heterocycles. The van der Waals surface area contributed by atoms with Gasteiger partial charge in [0.25, 0.3) is 0 Å². The number of aryl methyl sites for hydroxylation is 1. The van der Waals surface area contributed by atoms with Crippen molar-refractivity contribution in [2.24, 2.45) is 7.05 Å². The molecule has 1 N–H and O–H groups in total. The molecule has 0 atom stereocenters. The average Bonchev–Trinajstić information content (AvgIpc) is 3.49. The molecule has 11 heteroatoms. The van der Waals surface area contributed by atoms with Crippen LogP contribution in [0.1, 0.15) is 0 Å². The van der Waals surface area contributed by atoms with Crippen LogP contribution < -0.4 is 4.90 Å². The van der Waals surface area contributed by atoms with Crippen LogP contribution in [0, 0.1) is 0 Å². The van der Waals surface area contributed by atoms with Gasteiger partial charge in [-0.2, -0.15) is 5.10 Å². The van der Waals surface area contributed by atoms with Crippen molar-refractivity contribution in [3.05, 3.63) is 61.2 Å². The summed E-state index contributed by atoms with van der Waals surface area (Å²) in [6.45, 7) is 2.28. The smallest absolute Gasteiger partial charge is 0.407 e. The van der Waals surface area contributed by atoms with Crippen molar-refractivity contribution >= 4 is 40.1 Å². The van der Waals surface area contributed by atoms with Crippen molar-refractivity contribution in [3.63, 3.8) is 0 Å². The third-order valence-corrected chi connectivity index (χ3v) is 7.12. The Morgan fingerprint density at radius 3 is 2.60 bits per heavy atom. The molecule has 0 unspecified atom stereocenters. The van der Waals surface area contributed by atoms with E-state index in [0.717, 1.165) is 43.4 Å². The van der Waals surface area contributed by atoms with Crippen molar-refractivity contribution < 1.29 is 9.90 Å². The maximum atomic E-state index is 11.2. The van der Waals surface area contributed by atoms with Gasteiger partial charge in [0.05, 0.1) is 23.6 Å². The van der Waals surface area contributed by atoms with Crippen LogP contribution in [0.25, 0.3) is 27.7 Å². The number of aromatic nitrogens is 6. The summed E-state index contributed by atoms with van der Waals surface area (Å²) in [5.41, 5.74) is 4.77. The van der Waals surface area contributed by atoms with E-state index in [0.29, 0.717) is 26.2 Å². The lowest BCUT2D eigenvalue weighted by Crippen LogP contribution is -2.48. The Hall–Kier alpha value is -4.12. The Morgan fingerprint density at radius 1 is 0.971 bits per heavy atom. The minimum absolute atomic E-state index is 0.490. The maximum absolute atomic E-state index is 11.2. The molecule has 5 heterocycles. The first-order valence-corrected chi connectivity index (χ1v) is 12.0. The number of piperazine rings is 1. The van der Waals surface area contributed by atoms with Crippen molar-refractivity contribution in [1.82, 2.24) is 34.3 Å². The molecule has 1 amide bonds. The molecule has 35 heavy (non-hydrogen) atoms. The summed E-state index contributed by atoms with van der Waals surface area (Å²) in [6, 6.07) is 12.3. The molecular formula is C24H22N8O2S. The second-order valence-electron chi connectivity index (χ2n) is 8.44. The fraction of sp³-hybridized carbons (Fsp3) is 0.208. The number of pyridine rings is 2. The number of rotatable bonds is 4. The summed E-state index contributed by atoms with van der Waals surface area (Å²) in [6.07, 6.45) is 6.85. The lowest BCUT2D eigenvalue weighted by Gasteiger charge is -2.34. The Balaban J connectivity index is 1.27. The zero-order chi connectivity index (χ0) is 23.9. The highest BCUT2D eigenvalue weighted by molar-refractivity contribution is 7.99. The topological polar surface area (TPSA) is 105 Å². The molecular weight excluding hydrogens is 464 g/mol. The van der Waals surface area contributed by atoms with Crippen LogP contribution in [-0.4, -0.2) is 71.6 Å². The Labute approximate surface area is 204 Å². The minimum Gasteiger partial charge on any atom is -0.465 e. The van der Waals surface area contributed by atoms with E-state index in [-0.39, 0.29) is 0 Å². The summed E-state index contributed by atoms with van der Waals surface area (Å²) >= 11 is 1.55. The fourth-order valence-electron chi connectivity index (χ4n) is 4.28. The monoisotopic (exact) mass is 486 g/mol. The van der Waals surface area contributed by atoms with Crippen LogP contribution in [0.3, 0.4) is 0 Å². The van der Waals surface area contributed by atoms with E-state index < -0.39 is 6.09 Å². The van der Waals surface area contributed by atoms with Crippen molar-refractivity contribution in [1.29, 1.82) is 0 Å². The van der Waals surface area contributed by atoms with Gasteiger partial charge in [0.1, 0.15) is 0 Å². The van der Waals surface area contributed by atoms with E-state index in [1.54, 1.807) is 16.4 Å². The predicted molar refractivity (Wildman–Crippen MR) is 133 cm³/mol. The molecule has 1 fully saturated rings. The van der Waals surface area contributed by atoms with Gasteiger partial charge in [-0.1, -0.05) is 0 Å². The van der Waals surface area contributed by atoms with Gasteiger partial charge < -0.3 is 14.9 Å². The summed E-state index contributed by atoms with van der Waals surface area (Å²) in [4.78, 5) is 20.5. The van der Waals surface area contributed by atoms with E-state index in [1.807, 2.05) is 60.5 Å². The normalized spacial score (nSPS) is 14.2. The zero-order valence-electron chi connectivity index (χ0n) is 18.9. The van der Waals surface area contributed by atoms with Crippen LogP contribution >= 0.6 is 11.8 Å². The number of hydrogen-bond acceptors (Lipinski definition) is 7. The molecule has 4 aromatic heterocycles. The standard InChI is InChI=1S/C24H22N8O2S/c1-29-14-18(12-26-29)16-2-5-22-27-28-23(32(22)15-16)35-20-3-4-21-17(11-20)10-19(13-25-21)30-6-8-31(9-7-30)24(33)34/h2-5,10-15H,6-9H2,1H3,(H,33,34). The third kappa shape index (κ3) is 4.14. The summed E-state index contributed by atoms with van der Waals surface area (Å²) in [5, 5.41) is 24.0. The summed E-state index contributed by atoms with van der Waals surface area (Å²) < 4.78 is 3.78. The van der Waals surface area contributed by atoms with Gasteiger partial charge in [0, 0.05) is 67.0 Å². The molecule has 1 aliphatic heterocycles. The second-order valence-corrected chi connectivity index (χ2v) is 9.48. The van der Waals surface area contributed by atoms with E-state index in [4.69, 9.17) is 0 Å². The van der Waals surface area contributed by atoms with Gasteiger partial charge in [0.2, 0.25) is 0 Å². The average molecular weight is 487 g/mol. The van der Waals surface area contributed by atoms with Crippen LogP contribution in [0.15, 0.2) is 71.2 Å². The van der Waals surface area contributed by atoms with E-state index in [2.05, 4.69) is 37.3 Å². The van der Waals surface area contributed by atoms with Gasteiger partial charge in [-0.15, -0.1) is 10.2 Å². The number of benzene rings is 1. The van der Waals surface area contributed by atoms with Crippen LogP contribution in [-0.2, 0) is 7.05 Å². The lowest BCUT2D eigenvalue weighted by molar-refractivity contribution is 0.142. The number of hydrogen-bond donors (Lipinski definition) is 1. The second kappa shape index (κ2) is 8.58. The molecule has 10 nitrogen and oxygen atoms in total. The Morgan fingerprint density at radius 2 is 1.83 bits per heavy atom. The first-order chi connectivity index (χ1) is 17.0. The molecule has 1 aromatic carbocycles. The number of carbonyl (C=O) groups is 1. The molecule has 176 valence electrons. The molecule has 1 aliphatic rings. The number of fused-ring (bicyclic) bond motifs is 2. The molecule has 0 aliphatic carbocycles. The number of amides is 1. The highest BCUT2D eigenvalue weighted by Gasteiger charge is 2.21. The molecule has 0 bridgehead atoms. The number of anilines is 1. The molecule has 0 radical (unpaired) electrons.